The molecule has 0 atom stereocenters. The quantitative estimate of drug-likeness (QED) is 0.886. The van der Waals surface area contributed by atoms with Gasteiger partial charge in [0, 0.05) is 6.54 Å². The van der Waals surface area contributed by atoms with E-state index in [1.165, 1.54) is 12.1 Å². The Balaban J connectivity index is 2.08. The van der Waals surface area contributed by atoms with Crippen molar-refractivity contribution < 1.29 is 21.6 Å². The number of rotatable bonds is 4. The van der Waals surface area contributed by atoms with Gasteiger partial charge in [0.15, 0.2) is 0 Å². The van der Waals surface area contributed by atoms with Crippen molar-refractivity contribution in [3.05, 3.63) is 35.4 Å². The van der Waals surface area contributed by atoms with Gasteiger partial charge in [0.05, 0.1) is 5.56 Å². The molecule has 2 aromatic rings. The Morgan fingerprint density at radius 3 is 2.57 bits per heavy atom. The van der Waals surface area contributed by atoms with E-state index in [9.17, 15) is 21.6 Å². The maximum atomic E-state index is 12.5. The number of nitrogens with zero attached hydrogens (tertiary/aromatic N) is 2. The van der Waals surface area contributed by atoms with Crippen molar-refractivity contribution in [2.24, 2.45) is 5.14 Å². The lowest BCUT2D eigenvalue weighted by molar-refractivity contribution is -0.137. The first kappa shape index (κ1) is 15.7. The Morgan fingerprint density at radius 1 is 1.29 bits per heavy atom. The van der Waals surface area contributed by atoms with Crippen LogP contribution in [0.4, 0.5) is 18.3 Å². The molecule has 6 nitrogen and oxygen atoms in total. The van der Waals surface area contributed by atoms with Gasteiger partial charge in [-0.15, -0.1) is 10.2 Å². The number of primary sulfonamides is 1. The highest BCUT2D eigenvalue weighted by atomic mass is 32.2. The largest absolute Gasteiger partial charge is 0.416 e. The second-order valence-electron chi connectivity index (χ2n) is 3.97. The molecule has 1 aromatic carbocycles. The standard InChI is InChI=1S/C10H9F3N4O2S2/c11-10(12,13)7-3-1-2-6(4-7)5-15-8-16-17-9(20-8)21(14,18)19/h1-4H,5H2,(H,15,16)(H2,14,18,19). The summed E-state index contributed by atoms with van der Waals surface area (Å²) in [5.74, 6) is 0. The van der Waals surface area contributed by atoms with Gasteiger partial charge in [0.2, 0.25) is 9.47 Å². The molecule has 0 saturated heterocycles. The monoisotopic (exact) mass is 338 g/mol. The Morgan fingerprint density at radius 2 is 2.00 bits per heavy atom. The third-order valence-corrected chi connectivity index (χ3v) is 4.54. The van der Waals surface area contributed by atoms with Crippen LogP contribution >= 0.6 is 11.3 Å². The van der Waals surface area contributed by atoms with Crippen molar-refractivity contribution in [1.82, 2.24) is 10.2 Å². The SMILES string of the molecule is NS(=O)(=O)c1nnc(NCc2cccc(C(F)(F)F)c2)s1. The second kappa shape index (κ2) is 5.58. The van der Waals surface area contributed by atoms with E-state index in [2.05, 4.69) is 15.5 Å². The molecule has 0 fully saturated rings. The van der Waals surface area contributed by atoms with Crippen LogP contribution in [-0.4, -0.2) is 18.6 Å². The predicted octanol–water partition coefficient (Wildman–Crippen LogP) is 1.82. The predicted molar refractivity (Wildman–Crippen MR) is 70.1 cm³/mol. The number of alkyl halides is 3. The number of halogens is 3. The highest BCUT2D eigenvalue weighted by Gasteiger charge is 2.30. The fourth-order valence-electron chi connectivity index (χ4n) is 1.43. The van der Waals surface area contributed by atoms with Crippen molar-refractivity contribution in [3.63, 3.8) is 0 Å². The molecule has 114 valence electrons. The van der Waals surface area contributed by atoms with Gasteiger partial charge in [-0.25, -0.2) is 13.6 Å². The Bertz CT molecular complexity index is 743. The number of nitrogens with two attached hydrogens (primary N) is 1. The zero-order valence-corrected chi connectivity index (χ0v) is 11.9. The van der Waals surface area contributed by atoms with Gasteiger partial charge in [-0.05, 0) is 17.7 Å². The highest BCUT2D eigenvalue weighted by molar-refractivity contribution is 7.91. The molecule has 3 N–H and O–H groups in total. The highest BCUT2D eigenvalue weighted by Crippen LogP contribution is 2.29. The number of aromatic nitrogens is 2. The van der Waals surface area contributed by atoms with Gasteiger partial charge in [0.25, 0.3) is 10.0 Å². The van der Waals surface area contributed by atoms with Gasteiger partial charge in [-0.3, -0.25) is 0 Å². The summed E-state index contributed by atoms with van der Waals surface area (Å²) in [5, 5.41) is 14.6. The summed E-state index contributed by atoms with van der Waals surface area (Å²) in [7, 11) is -3.93. The maximum absolute atomic E-state index is 12.5. The Labute approximate surface area is 121 Å². The van der Waals surface area contributed by atoms with Crippen LogP contribution in [0.2, 0.25) is 0 Å². The van der Waals surface area contributed by atoms with Crippen molar-refractivity contribution in [3.8, 4) is 0 Å². The fraction of sp³-hybridized carbons (Fsp3) is 0.200. The van der Waals surface area contributed by atoms with Gasteiger partial charge in [0.1, 0.15) is 0 Å². The summed E-state index contributed by atoms with van der Waals surface area (Å²) in [5.41, 5.74) is -0.388. The van der Waals surface area contributed by atoms with E-state index in [4.69, 9.17) is 5.14 Å². The third-order valence-electron chi connectivity index (χ3n) is 2.35. The molecule has 0 bridgehead atoms. The van der Waals surface area contributed by atoms with E-state index in [1.54, 1.807) is 0 Å². The summed E-state index contributed by atoms with van der Waals surface area (Å²) in [6.45, 7) is 0.0448. The molecule has 0 saturated carbocycles. The number of anilines is 1. The number of benzene rings is 1. The maximum Gasteiger partial charge on any atom is 0.416 e. The molecule has 11 heteroatoms. The van der Waals surface area contributed by atoms with Crippen LogP contribution in [0.15, 0.2) is 28.6 Å². The molecular formula is C10H9F3N4O2S2. The second-order valence-corrected chi connectivity index (χ2v) is 6.68. The first-order valence-corrected chi connectivity index (χ1v) is 7.79. The molecule has 0 aliphatic carbocycles. The van der Waals surface area contributed by atoms with Crippen LogP contribution in [0.1, 0.15) is 11.1 Å². The molecule has 2 rings (SSSR count). The van der Waals surface area contributed by atoms with E-state index in [0.29, 0.717) is 16.9 Å². The van der Waals surface area contributed by atoms with Crippen LogP contribution < -0.4 is 10.5 Å². The Hall–Kier alpha value is -1.72. The number of hydrogen-bond donors (Lipinski definition) is 2. The molecular weight excluding hydrogens is 329 g/mol. The first-order valence-electron chi connectivity index (χ1n) is 5.42. The third kappa shape index (κ3) is 4.12. The van der Waals surface area contributed by atoms with Crippen molar-refractivity contribution >= 4 is 26.5 Å². The zero-order chi connectivity index (χ0) is 15.7. The van der Waals surface area contributed by atoms with Crippen LogP contribution in [0.5, 0.6) is 0 Å². The average molecular weight is 338 g/mol. The molecule has 0 amide bonds. The van der Waals surface area contributed by atoms with E-state index < -0.39 is 21.8 Å². The van der Waals surface area contributed by atoms with Crippen LogP contribution in [0.3, 0.4) is 0 Å². The summed E-state index contributed by atoms with van der Waals surface area (Å²) in [6, 6.07) is 4.75. The van der Waals surface area contributed by atoms with Crippen molar-refractivity contribution in [2.45, 2.75) is 17.1 Å². The van der Waals surface area contributed by atoms with Gasteiger partial charge >= 0.3 is 6.18 Å². The van der Waals surface area contributed by atoms with Crippen molar-refractivity contribution in [2.75, 3.05) is 5.32 Å². The molecule has 0 aliphatic rings. The minimum absolute atomic E-state index is 0.0448. The normalized spacial score (nSPS) is 12.4. The summed E-state index contributed by atoms with van der Waals surface area (Å²) in [4.78, 5) is 0. The van der Waals surface area contributed by atoms with Crippen LogP contribution in [0.25, 0.3) is 0 Å². The number of nitrogens with one attached hydrogen (secondary N) is 1. The molecule has 0 aliphatic heterocycles. The van der Waals surface area contributed by atoms with E-state index in [0.717, 1.165) is 12.1 Å². The summed E-state index contributed by atoms with van der Waals surface area (Å²) < 4.78 is 59.3. The lowest BCUT2D eigenvalue weighted by atomic mass is 10.1. The summed E-state index contributed by atoms with van der Waals surface area (Å²) in [6.07, 6.45) is -4.42. The smallest absolute Gasteiger partial charge is 0.356 e. The van der Waals surface area contributed by atoms with Crippen LogP contribution in [0, 0.1) is 0 Å². The molecule has 21 heavy (non-hydrogen) atoms. The molecule has 0 unspecified atom stereocenters. The van der Waals surface area contributed by atoms with E-state index >= 15 is 0 Å². The first-order chi connectivity index (χ1) is 9.66. The number of hydrogen-bond acceptors (Lipinski definition) is 6. The fourth-order valence-corrected chi connectivity index (χ4v) is 2.76. The lowest BCUT2D eigenvalue weighted by Gasteiger charge is -2.08. The minimum Gasteiger partial charge on any atom is -0.356 e. The average Bonchev–Trinajstić information content (AvgIpc) is 2.84. The van der Waals surface area contributed by atoms with E-state index in [-0.39, 0.29) is 16.0 Å². The van der Waals surface area contributed by atoms with Crippen molar-refractivity contribution in [1.29, 1.82) is 0 Å². The number of sulfonamides is 1. The molecule has 0 spiro atoms. The van der Waals surface area contributed by atoms with Gasteiger partial charge in [-0.2, -0.15) is 13.2 Å². The summed E-state index contributed by atoms with van der Waals surface area (Å²) >= 11 is 0.700. The topological polar surface area (TPSA) is 98.0 Å². The molecule has 1 heterocycles. The van der Waals surface area contributed by atoms with E-state index in [1.807, 2.05) is 0 Å². The van der Waals surface area contributed by atoms with Crippen LogP contribution in [-0.2, 0) is 22.7 Å². The zero-order valence-electron chi connectivity index (χ0n) is 10.3. The minimum atomic E-state index is -4.42. The Kier molecular flexibility index (Phi) is 4.16. The van der Waals surface area contributed by atoms with Gasteiger partial charge in [-0.1, -0.05) is 23.5 Å². The molecule has 0 radical (unpaired) electrons. The van der Waals surface area contributed by atoms with Gasteiger partial charge < -0.3 is 5.32 Å². The molecule has 1 aromatic heterocycles. The lowest BCUT2D eigenvalue weighted by Crippen LogP contribution is -2.11.